The zero-order valence-corrected chi connectivity index (χ0v) is 63.8. The first kappa shape index (κ1) is 77.8. The van der Waals surface area contributed by atoms with Crippen LogP contribution in [0.5, 0.6) is 5.75 Å². The zero-order chi connectivity index (χ0) is 78.4. The Morgan fingerprint density at radius 3 is 1.12 bits per heavy atom. The number of para-hydroxylation sites is 3. The van der Waals surface area contributed by atoms with Crippen molar-refractivity contribution >= 4 is 67.5 Å². The number of likely N-dealkylation sites (N-methyl/N-ethyl adjacent to an activating group) is 3. The average Bonchev–Trinajstić information content (AvgIpc) is 1.63. The molecular weight excluding hydrogens is 1420 g/mol. The third-order valence-corrected chi connectivity index (χ3v) is 20.2. The number of nitrogens with zero attached hydrogens (tertiary/aromatic N) is 12. The number of alkyl halides is 3. The highest BCUT2D eigenvalue weighted by molar-refractivity contribution is 6.06. The number of hydrogen-bond donors (Lipinski definition) is 6. The number of ether oxygens (including phenoxy) is 1. The minimum absolute atomic E-state index is 0.189. The van der Waals surface area contributed by atoms with E-state index in [4.69, 9.17) is 4.74 Å². The summed E-state index contributed by atoms with van der Waals surface area (Å²) in [6.45, 7) is 23.9. The van der Waals surface area contributed by atoms with Crippen molar-refractivity contribution in [2.75, 3.05) is 123 Å². The van der Waals surface area contributed by atoms with E-state index < -0.39 is 11.7 Å². The summed E-state index contributed by atoms with van der Waals surface area (Å²) >= 11 is 0. The van der Waals surface area contributed by atoms with E-state index in [0.717, 1.165) is 160 Å². The van der Waals surface area contributed by atoms with E-state index in [1.54, 1.807) is 50.1 Å². The molecule has 22 nitrogen and oxygen atoms in total. The highest BCUT2D eigenvalue weighted by atomic mass is 19.4. The van der Waals surface area contributed by atoms with Gasteiger partial charge in [0.15, 0.2) is 0 Å². The van der Waals surface area contributed by atoms with Crippen LogP contribution in [0.2, 0.25) is 0 Å². The van der Waals surface area contributed by atoms with Crippen molar-refractivity contribution in [2.24, 2.45) is 0 Å². The molecule has 0 atom stereocenters. The van der Waals surface area contributed by atoms with Crippen molar-refractivity contribution in [3.63, 3.8) is 0 Å². The number of rotatable bonds is 13. The van der Waals surface area contributed by atoms with Gasteiger partial charge in [-0.25, -0.2) is 0 Å². The third-order valence-electron chi connectivity index (χ3n) is 20.2. The van der Waals surface area contributed by atoms with E-state index in [-0.39, 0.29) is 34.3 Å². The fourth-order valence-electron chi connectivity index (χ4n) is 13.4. The number of aromatic amines is 3. The number of aromatic nitrogens is 9. The highest BCUT2D eigenvalue weighted by Gasteiger charge is 2.34. The number of pyridine rings is 3. The number of carbonyl (C=O) groups excluding carboxylic acids is 3. The van der Waals surface area contributed by atoms with Gasteiger partial charge < -0.3 is 35.4 Å². The molecule has 0 spiro atoms. The molecule has 6 aromatic heterocycles. The van der Waals surface area contributed by atoms with E-state index in [2.05, 4.69) is 174 Å². The Morgan fingerprint density at radius 1 is 0.411 bits per heavy atom. The van der Waals surface area contributed by atoms with Crippen molar-refractivity contribution in [1.82, 2.24) is 74.9 Å². The van der Waals surface area contributed by atoms with Gasteiger partial charge in [0, 0.05) is 185 Å². The van der Waals surface area contributed by atoms with Gasteiger partial charge in [0.25, 0.3) is 17.7 Å². The molecule has 6 N–H and O–H groups in total. The lowest BCUT2D eigenvalue weighted by Crippen LogP contribution is -2.43. The number of H-pyrrole nitrogens is 3. The number of hydrogen-bond acceptors (Lipinski definition) is 16. The largest absolute Gasteiger partial charge is 0.494 e. The summed E-state index contributed by atoms with van der Waals surface area (Å²) < 4.78 is 45.1. The average molecular weight is 1510 g/mol. The van der Waals surface area contributed by atoms with Crippen LogP contribution < -0.4 is 20.7 Å². The molecule has 9 heterocycles. The van der Waals surface area contributed by atoms with Gasteiger partial charge in [-0.15, -0.1) is 0 Å². The number of carbonyl (C=O) groups is 3. The number of piperazine rings is 3. The van der Waals surface area contributed by atoms with Crippen LogP contribution in [0.15, 0.2) is 165 Å². The summed E-state index contributed by atoms with van der Waals surface area (Å²) in [5.74, 6) is 18.0. The maximum atomic E-state index is 13.3. The first-order chi connectivity index (χ1) is 54.1. The normalized spacial score (nSPS) is 14.5. The third kappa shape index (κ3) is 19.8. The predicted molar refractivity (Wildman–Crippen MR) is 431 cm³/mol. The lowest BCUT2D eigenvalue weighted by molar-refractivity contribution is -0.136. The van der Waals surface area contributed by atoms with Crippen LogP contribution in [0.25, 0.3) is 32.7 Å². The lowest BCUT2D eigenvalue weighted by Gasteiger charge is -2.32. The Bertz CT molecular complexity index is 5630. The quantitative estimate of drug-likeness (QED) is 0.0588. The number of anilines is 3. The molecule has 3 fully saturated rings. The maximum Gasteiger partial charge on any atom is 0.418 e. The fraction of sp³-hybridized carbons (Fsp3) is 0.276. The summed E-state index contributed by atoms with van der Waals surface area (Å²) in [5, 5.41) is 32.0. The van der Waals surface area contributed by atoms with Gasteiger partial charge in [0.05, 0.1) is 34.9 Å². The molecule has 3 aliphatic heterocycles. The SMILES string of the molecule is COc1cccc2c(C#Cc3cncc(C(=O)Nc4ccc(CN5CCN(C)CC5)c(C)c4)c3)[nH]nc12.Cc1cc(NC(=O)c2cncc(C#Cc3[nH]nc4c(C(F)(F)F)cccc34)c2)ccc1CN1CCN(C)CC1.Cc1cc(NC(=O)c2cncc(C#Cc3[nH]nc4c(C)cccc34)c2)ccc1CN1CCN(C)CC1. The minimum atomic E-state index is -4.52. The van der Waals surface area contributed by atoms with E-state index in [0.29, 0.717) is 50.5 Å². The molecule has 3 aliphatic rings. The smallest absolute Gasteiger partial charge is 0.418 e. The number of halogens is 3. The van der Waals surface area contributed by atoms with Crippen molar-refractivity contribution in [3.8, 4) is 41.3 Å². The molecule has 0 bridgehead atoms. The summed E-state index contributed by atoms with van der Waals surface area (Å²) in [4.78, 5) is 65.8. The summed E-state index contributed by atoms with van der Waals surface area (Å²) in [6, 6.07) is 38.7. The monoisotopic (exact) mass is 1500 g/mol. The molecule has 3 saturated heterocycles. The molecule has 0 unspecified atom stereocenters. The Labute approximate surface area is 648 Å². The first-order valence-corrected chi connectivity index (χ1v) is 37.0. The van der Waals surface area contributed by atoms with Gasteiger partial charge in [0.1, 0.15) is 33.9 Å². The Balaban J connectivity index is 0.000000147. The summed E-state index contributed by atoms with van der Waals surface area (Å²) in [5.41, 5.74) is 15.8. The highest BCUT2D eigenvalue weighted by Crippen LogP contribution is 2.35. The van der Waals surface area contributed by atoms with Crippen LogP contribution in [0.3, 0.4) is 0 Å². The van der Waals surface area contributed by atoms with Crippen LogP contribution in [0.1, 0.15) is 109 Å². The number of amides is 3. The van der Waals surface area contributed by atoms with Gasteiger partial charge in [-0.2, -0.15) is 28.5 Å². The van der Waals surface area contributed by atoms with E-state index in [1.807, 2.05) is 92.7 Å². The molecule has 12 aromatic rings. The zero-order valence-electron chi connectivity index (χ0n) is 63.8. The molecule has 112 heavy (non-hydrogen) atoms. The van der Waals surface area contributed by atoms with Crippen molar-refractivity contribution < 1.29 is 32.3 Å². The number of benzene rings is 6. The van der Waals surface area contributed by atoms with Gasteiger partial charge in [0.2, 0.25) is 0 Å². The topological polar surface area (TPSA) is 241 Å². The van der Waals surface area contributed by atoms with Crippen molar-refractivity contribution in [3.05, 3.63) is 260 Å². The lowest BCUT2D eigenvalue weighted by atomic mass is 10.1. The second kappa shape index (κ2) is 35.5. The van der Waals surface area contributed by atoms with E-state index in [1.165, 1.54) is 46.8 Å². The predicted octanol–water partition coefficient (Wildman–Crippen LogP) is 12.3. The molecular formula is C87H87F3N18O4. The van der Waals surface area contributed by atoms with E-state index in [9.17, 15) is 27.6 Å². The van der Waals surface area contributed by atoms with Gasteiger partial charge in [-0.05, 0) is 190 Å². The van der Waals surface area contributed by atoms with Gasteiger partial charge in [-0.3, -0.25) is 59.3 Å². The molecule has 25 heteroatoms. The van der Waals surface area contributed by atoms with Crippen LogP contribution in [0, 0.1) is 63.2 Å². The molecule has 0 aliphatic carbocycles. The molecule has 3 amide bonds. The second-order valence-corrected chi connectivity index (χ2v) is 28.5. The second-order valence-electron chi connectivity index (χ2n) is 28.5. The molecule has 570 valence electrons. The van der Waals surface area contributed by atoms with E-state index >= 15 is 0 Å². The summed E-state index contributed by atoms with van der Waals surface area (Å²) in [6.07, 6.45) is 4.81. The van der Waals surface area contributed by atoms with Gasteiger partial charge in [-0.1, -0.05) is 60.2 Å². The Kier molecular flexibility index (Phi) is 24.7. The molecule has 0 radical (unpaired) electrons. The molecule has 15 rings (SSSR count). The first-order valence-electron chi connectivity index (χ1n) is 37.0. The number of aryl methyl sites for hydroxylation is 4. The maximum absolute atomic E-state index is 13.3. The number of methoxy groups -OCH3 is 1. The minimum Gasteiger partial charge on any atom is -0.494 e. The van der Waals surface area contributed by atoms with Crippen LogP contribution in [-0.2, 0) is 25.8 Å². The van der Waals surface area contributed by atoms with Crippen molar-refractivity contribution in [2.45, 2.75) is 53.5 Å². The van der Waals surface area contributed by atoms with Crippen molar-refractivity contribution in [1.29, 1.82) is 0 Å². The van der Waals surface area contributed by atoms with Gasteiger partial charge >= 0.3 is 6.18 Å². The molecule has 0 saturated carbocycles. The summed E-state index contributed by atoms with van der Waals surface area (Å²) in [7, 11) is 8.08. The number of nitrogens with one attached hydrogen (secondary N) is 6. The standard InChI is InChI=1S/C29H27F3N6O.C29H30N6O2.C29H30N6O/c1-19-14-23(8-7-21(19)18-38-12-10-37(2)11-13-38)34-28(39)22-15-20(16-33-17-22)6-9-26-24-4-3-5-25(29(30,31)32)27(24)36-35-26;1-20-15-24(9-8-22(20)19-35-13-11-34(2)12-14-35)31-29(36)23-16-21(17-30-18-23)7-10-26-25-5-4-6-27(37-3)28(25)33-32-26;1-20-5-4-6-26-27(32-33-28(20)26)10-7-22-16-24(18-30-17-22)29(36)31-25-9-8-23(21(2)15-25)19-35-13-11-34(3)12-14-35/h3-5,7-8,14-17H,10-13,18H2,1-2H3,(H,34,39)(H,35,36);4-6,8-9,15-18H,11-14,19H2,1-3H3,(H,31,36)(H,32,33);4-6,8-9,15-18H,11-14,19H2,1-3H3,(H,31,36)(H,32,33). The Morgan fingerprint density at radius 2 is 0.750 bits per heavy atom. The molecule has 6 aromatic carbocycles. The van der Waals surface area contributed by atoms with Crippen LogP contribution in [0.4, 0.5) is 30.2 Å². The Hall–Kier alpha value is -12.4. The number of fused-ring (bicyclic) bond motifs is 3. The van der Waals surface area contributed by atoms with Crippen LogP contribution >= 0.6 is 0 Å². The fourth-order valence-corrected chi connectivity index (χ4v) is 13.4. The van der Waals surface area contributed by atoms with Crippen LogP contribution in [-0.4, -0.2) is 199 Å².